The molecular formula is C18H35N3O3. The minimum atomic E-state index is -0.146. The van der Waals surface area contributed by atoms with E-state index in [1.165, 1.54) is 38.5 Å². The Bertz CT molecular complexity index is 363. The number of ether oxygens (including phenoxy) is 3. The summed E-state index contributed by atoms with van der Waals surface area (Å²) in [6.07, 6.45) is 10.0. The highest BCUT2D eigenvalue weighted by Crippen LogP contribution is 2.23. The maximum atomic E-state index is 6.01. The molecule has 140 valence electrons. The van der Waals surface area contributed by atoms with Crippen molar-refractivity contribution in [3.05, 3.63) is 0 Å². The van der Waals surface area contributed by atoms with E-state index in [0.29, 0.717) is 6.10 Å². The molecule has 6 heteroatoms. The minimum Gasteiger partial charge on any atom is -0.381 e. The van der Waals surface area contributed by atoms with Gasteiger partial charge in [-0.1, -0.05) is 25.7 Å². The van der Waals surface area contributed by atoms with Crippen LogP contribution in [-0.2, 0) is 14.2 Å². The van der Waals surface area contributed by atoms with Crippen molar-refractivity contribution in [3.8, 4) is 0 Å². The fourth-order valence-corrected chi connectivity index (χ4v) is 3.47. The third kappa shape index (κ3) is 6.57. The number of hydrogen-bond donors (Lipinski definition) is 2. The van der Waals surface area contributed by atoms with E-state index in [1.807, 2.05) is 0 Å². The molecule has 24 heavy (non-hydrogen) atoms. The quantitative estimate of drug-likeness (QED) is 0.321. The van der Waals surface area contributed by atoms with E-state index in [4.69, 9.17) is 14.2 Å². The Morgan fingerprint density at radius 1 is 1.12 bits per heavy atom. The molecule has 1 heterocycles. The van der Waals surface area contributed by atoms with Crippen LogP contribution in [0.5, 0.6) is 0 Å². The van der Waals surface area contributed by atoms with Gasteiger partial charge in [-0.3, -0.25) is 4.99 Å². The van der Waals surface area contributed by atoms with Gasteiger partial charge in [-0.05, 0) is 12.8 Å². The standard InChI is InChI=1S/C18H35N3O3/c1-19-17(21-15-18(22-2)9-12-23-13-10-18)20-11-14-24-16-7-5-3-4-6-8-16/h16H,3-15H2,1-2H3,(H2,19,20,21). The van der Waals surface area contributed by atoms with Crippen LogP contribution in [0.4, 0.5) is 0 Å². The second kappa shape index (κ2) is 10.9. The van der Waals surface area contributed by atoms with Crippen molar-refractivity contribution >= 4 is 5.96 Å². The van der Waals surface area contributed by atoms with Crippen molar-refractivity contribution in [1.29, 1.82) is 0 Å². The summed E-state index contributed by atoms with van der Waals surface area (Å²) in [7, 11) is 3.58. The Balaban J connectivity index is 1.63. The Kier molecular flexibility index (Phi) is 8.84. The van der Waals surface area contributed by atoms with E-state index < -0.39 is 0 Å². The summed E-state index contributed by atoms with van der Waals surface area (Å²) >= 11 is 0. The number of guanidine groups is 1. The molecule has 2 N–H and O–H groups in total. The summed E-state index contributed by atoms with van der Waals surface area (Å²) in [5, 5.41) is 6.71. The molecule has 0 aromatic rings. The lowest BCUT2D eigenvalue weighted by molar-refractivity contribution is -0.0855. The number of nitrogens with one attached hydrogen (secondary N) is 2. The molecule has 0 unspecified atom stereocenters. The molecule has 2 rings (SSSR count). The predicted molar refractivity (Wildman–Crippen MR) is 96.6 cm³/mol. The van der Waals surface area contributed by atoms with Gasteiger partial charge in [0.15, 0.2) is 5.96 Å². The van der Waals surface area contributed by atoms with Crippen LogP contribution in [0.2, 0.25) is 0 Å². The minimum absolute atomic E-state index is 0.146. The molecule has 0 aromatic heterocycles. The van der Waals surface area contributed by atoms with Crippen LogP contribution in [-0.4, -0.2) is 64.7 Å². The molecule has 0 radical (unpaired) electrons. The molecule has 0 atom stereocenters. The lowest BCUT2D eigenvalue weighted by Crippen LogP contribution is -2.51. The fourth-order valence-electron chi connectivity index (χ4n) is 3.47. The fraction of sp³-hybridized carbons (Fsp3) is 0.944. The molecule has 0 aromatic carbocycles. The van der Waals surface area contributed by atoms with Crippen LogP contribution in [0.25, 0.3) is 0 Å². The first-order valence-corrected chi connectivity index (χ1v) is 9.47. The van der Waals surface area contributed by atoms with E-state index in [1.54, 1.807) is 14.2 Å². The normalized spacial score (nSPS) is 22.8. The van der Waals surface area contributed by atoms with Crippen LogP contribution in [0.15, 0.2) is 4.99 Å². The average Bonchev–Trinajstić information content (AvgIpc) is 2.91. The lowest BCUT2D eigenvalue weighted by atomic mass is 9.94. The van der Waals surface area contributed by atoms with Gasteiger partial charge in [-0.2, -0.15) is 0 Å². The smallest absolute Gasteiger partial charge is 0.191 e. The molecule has 0 bridgehead atoms. The van der Waals surface area contributed by atoms with Gasteiger partial charge in [0.1, 0.15) is 0 Å². The van der Waals surface area contributed by atoms with Crippen LogP contribution >= 0.6 is 0 Å². The van der Waals surface area contributed by atoms with Gasteiger partial charge >= 0.3 is 0 Å². The molecule has 0 amide bonds. The summed E-state index contributed by atoms with van der Waals surface area (Å²) in [5.74, 6) is 0.808. The summed E-state index contributed by atoms with van der Waals surface area (Å²) in [6, 6.07) is 0. The maximum Gasteiger partial charge on any atom is 0.191 e. The Morgan fingerprint density at radius 3 is 2.46 bits per heavy atom. The highest BCUT2D eigenvalue weighted by atomic mass is 16.5. The lowest BCUT2D eigenvalue weighted by Gasteiger charge is -2.36. The first-order valence-electron chi connectivity index (χ1n) is 9.47. The van der Waals surface area contributed by atoms with Crippen LogP contribution in [0, 0.1) is 0 Å². The third-order valence-electron chi connectivity index (χ3n) is 5.19. The zero-order valence-electron chi connectivity index (χ0n) is 15.4. The second-order valence-electron chi connectivity index (χ2n) is 6.84. The zero-order chi connectivity index (χ0) is 17.1. The summed E-state index contributed by atoms with van der Waals surface area (Å²) < 4.78 is 17.2. The average molecular weight is 341 g/mol. The SMILES string of the molecule is CN=C(NCCOC1CCCCCC1)NCC1(OC)CCOCC1. The van der Waals surface area contributed by atoms with Gasteiger partial charge in [-0.25, -0.2) is 0 Å². The topological polar surface area (TPSA) is 64.1 Å². The number of hydrogen-bond acceptors (Lipinski definition) is 4. The van der Waals surface area contributed by atoms with E-state index in [-0.39, 0.29) is 5.60 Å². The molecule has 1 aliphatic carbocycles. The molecule has 2 fully saturated rings. The third-order valence-corrected chi connectivity index (χ3v) is 5.19. The first kappa shape index (κ1) is 19.5. The predicted octanol–water partition coefficient (Wildman–Crippen LogP) is 2.09. The summed E-state index contributed by atoms with van der Waals surface area (Å²) in [4.78, 5) is 4.29. The van der Waals surface area contributed by atoms with Gasteiger partial charge in [-0.15, -0.1) is 0 Å². The Morgan fingerprint density at radius 2 is 1.83 bits per heavy atom. The number of rotatable bonds is 7. The van der Waals surface area contributed by atoms with E-state index >= 15 is 0 Å². The first-order chi connectivity index (χ1) is 11.8. The molecule has 6 nitrogen and oxygen atoms in total. The van der Waals surface area contributed by atoms with E-state index in [9.17, 15) is 0 Å². The number of nitrogens with zero attached hydrogens (tertiary/aromatic N) is 1. The zero-order valence-corrected chi connectivity index (χ0v) is 15.4. The van der Waals surface area contributed by atoms with Gasteiger partial charge in [0.25, 0.3) is 0 Å². The highest BCUT2D eigenvalue weighted by Gasteiger charge is 2.32. The van der Waals surface area contributed by atoms with Gasteiger partial charge in [0, 0.05) is 53.3 Å². The molecule has 1 saturated carbocycles. The van der Waals surface area contributed by atoms with Gasteiger partial charge in [0.2, 0.25) is 0 Å². The summed E-state index contributed by atoms with van der Waals surface area (Å²) in [5.41, 5.74) is -0.146. The molecule has 0 spiro atoms. The Hall–Kier alpha value is -0.850. The van der Waals surface area contributed by atoms with Crippen LogP contribution in [0.1, 0.15) is 51.4 Å². The highest BCUT2D eigenvalue weighted by molar-refractivity contribution is 5.79. The van der Waals surface area contributed by atoms with E-state index in [0.717, 1.165) is 51.7 Å². The largest absolute Gasteiger partial charge is 0.381 e. The van der Waals surface area contributed by atoms with Crippen molar-refractivity contribution in [2.75, 3.05) is 47.1 Å². The molecule has 1 aliphatic heterocycles. The van der Waals surface area contributed by atoms with Crippen LogP contribution < -0.4 is 10.6 Å². The summed E-state index contributed by atoms with van der Waals surface area (Å²) in [6.45, 7) is 3.78. The van der Waals surface area contributed by atoms with Crippen molar-refractivity contribution < 1.29 is 14.2 Å². The monoisotopic (exact) mass is 341 g/mol. The van der Waals surface area contributed by atoms with Crippen molar-refractivity contribution in [1.82, 2.24) is 10.6 Å². The Labute approximate surface area is 146 Å². The van der Waals surface area contributed by atoms with Crippen LogP contribution in [0.3, 0.4) is 0 Å². The number of aliphatic imine (C=N–C) groups is 1. The second-order valence-corrected chi connectivity index (χ2v) is 6.84. The van der Waals surface area contributed by atoms with Crippen molar-refractivity contribution in [2.24, 2.45) is 4.99 Å². The molecule has 1 saturated heterocycles. The molecular weight excluding hydrogens is 306 g/mol. The number of methoxy groups -OCH3 is 1. The van der Waals surface area contributed by atoms with E-state index in [2.05, 4.69) is 15.6 Å². The maximum absolute atomic E-state index is 6.01. The van der Waals surface area contributed by atoms with Crippen molar-refractivity contribution in [2.45, 2.75) is 63.1 Å². The van der Waals surface area contributed by atoms with Gasteiger partial charge in [0.05, 0.1) is 18.3 Å². The molecule has 2 aliphatic rings. The van der Waals surface area contributed by atoms with Crippen molar-refractivity contribution in [3.63, 3.8) is 0 Å². The van der Waals surface area contributed by atoms with Gasteiger partial charge < -0.3 is 24.8 Å².